The zero-order valence-electron chi connectivity index (χ0n) is 14.0. The fraction of sp³-hybridized carbons (Fsp3) is 0.263. The second-order valence-electron chi connectivity index (χ2n) is 6.26. The number of nitrogens with one attached hydrogen (secondary N) is 2. The molecule has 134 valence electrons. The van der Waals surface area contributed by atoms with Crippen molar-refractivity contribution in [3.8, 4) is 5.75 Å². The second kappa shape index (κ2) is 6.97. The topological polar surface area (TPSA) is 70.7 Å². The molecule has 4 rings (SSSR count). The van der Waals surface area contributed by atoms with E-state index in [0.29, 0.717) is 41.7 Å². The molecule has 2 heterocycles. The van der Waals surface area contributed by atoms with Gasteiger partial charge in [0.15, 0.2) is 12.4 Å². The summed E-state index contributed by atoms with van der Waals surface area (Å²) >= 11 is 6.37. The van der Waals surface area contributed by atoms with Gasteiger partial charge in [-0.1, -0.05) is 35.9 Å². The summed E-state index contributed by atoms with van der Waals surface area (Å²) in [6, 6.07) is 12.6. The number of nitrogens with zero attached hydrogens (tertiary/aromatic N) is 1. The van der Waals surface area contributed by atoms with Crippen LogP contribution in [0.25, 0.3) is 0 Å². The Labute approximate surface area is 156 Å². The van der Waals surface area contributed by atoms with E-state index in [9.17, 15) is 9.59 Å². The van der Waals surface area contributed by atoms with Crippen LogP contribution in [-0.4, -0.2) is 43.0 Å². The fourth-order valence-corrected chi connectivity index (χ4v) is 3.67. The lowest BCUT2D eigenvalue weighted by Crippen LogP contribution is -2.49. The van der Waals surface area contributed by atoms with Gasteiger partial charge in [-0.2, -0.15) is 0 Å². The highest BCUT2D eigenvalue weighted by Crippen LogP contribution is 2.35. The minimum Gasteiger partial charge on any atom is -0.481 e. The molecule has 0 saturated carbocycles. The van der Waals surface area contributed by atoms with E-state index in [2.05, 4.69) is 10.6 Å². The number of carbonyl (C=O) groups excluding carboxylic acids is 2. The summed E-state index contributed by atoms with van der Waals surface area (Å²) in [7, 11) is 0. The lowest BCUT2D eigenvalue weighted by atomic mass is 10.0. The molecule has 6 nitrogen and oxygen atoms in total. The lowest BCUT2D eigenvalue weighted by molar-refractivity contribution is -0.118. The third-order valence-corrected chi connectivity index (χ3v) is 4.98. The number of piperazine rings is 1. The smallest absolute Gasteiger partial charge is 0.262 e. The molecular weight excluding hydrogens is 354 g/mol. The molecule has 1 fully saturated rings. The Balaban J connectivity index is 1.70. The number of halogens is 1. The summed E-state index contributed by atoms with van der Waals surface area (Å²) in [4.78, 5) is 26.7. The maximum Gasteiger partial charge on any atom is 0.262 e. The highest BCUT2D eigenvalue weighted by Gasteiger charge is 2.32. The van der Waals surface area contributed by atoms with E-state index >= 15 is 0 Å². The van der Waals surface area contributed by atoms with Gasteiger partial charge in [-0.15, -0.1) is 0 Å². The SMILES string of the molecule is O=C1COc2c(cccc2C(=O)N2CCNCC2c2ccccc2Cl)N1. The molecule has 0 aliphatic carbocycles. The van der Waals surface area contributed by atoms with Crippen LogP contribution in [0.1, 0.15) is 22.0 Å². The normalized spacial score (nSPS) is 19.3. The Kier molecular flexibility index (Phi) is 4.53. The van der Waals surface area contributed by atoms with Crippen molar-refractivity contribution in [3.63, 3.8) is 0 Å². The summed E-state index contributed by atoms with van der Waals surface area (Å²) in [6.45, 7) is 1.80. The van der Waals surface area contributed by atoms with E-state index in [1.54, 1.807) is 18.2 Å². The zero-order valence-corrected chi connectivity index (χ0v) is 14.8. The first kappa shape index (κ1) is 16.9. The molecule has 26 heavy (non-hydrogen) atoms. The van der Waals surface area contributed by atoms with Crippen molar-refractivity contribution in [3.05, 3.63) is 58.6 Å². The van der Waals surface area contributed by atoms with Crippen LogP contribution in [0, 0.1) is 0 Å². The maximum absolute atomic E-state index is 13.3. The van der Waals surface area contributed by atoms with Gasteiger partial charge >= 0.3 is 0 Å². The predicted octanol–water partition coefficient (Wildman–Crippen LogP) is 2.46. The second-order valence-corrected chi connectivity index (χ2v) is 6.67. The Morgan fingerprint density at radius 3 is 2.88 bits per heavy atom. The molecule has 0 radical (unpaired) electrons. The van der Waals surface area contributed by atoms with Crippen LogP contribution in [-0.2, 0) is 4.79 Å². The summed E-state index contributed by atoms with van der Waals surface area (Å²) in [5, 5.41) is 6.70. The van der Waals surface area contributed by atoms with Crippen molar-refractivity contribution in [2.24, 2.45) is 0 Å². The summed E-state index contributed by atoms with van der Waals surface area (Å²) in [5.74, 6) is 0.0659. The number of anilines is 1. The molecule has 1 unspecified atom stereocenters. The predicted molar refractivity (Wildman–Crippen MR) is 98.7 cm³/mol. The van der Waals surface area contributed by atoms with Gasteiger partial charge in [-0.05, 0) is 23.8 Å². The molecule has 2 aliphatic rings. The Morgan fingerprint density at radius 1 is 1.19 bits per heavy atom. The number of para-hydroxylation sites is 1. The first-order chi connectivity index (χ1) is 12.6. The van der Waals surface area contributed by atoms with Crippen LogP contribution in [0.2, 0.25) is 5.02 Å². The molecule has 7 heteroatoms. The Morgan fingerprint density at radius 2 is 2.04 bits per heavy atom. The molecule has 0 spiro atoms. The summed E-state index contributed by atoms with van der Waals surface area (Å²) in [5.41, 5.74) is 1.88. The minimum absolute atomic E-state index is 0.0905. The number of fused-ring (bicyclic) bond motifs is 1. The van der Waals surface area contributed by atoms with Crippen molar-refractivity contribution in [2.75, 3.05) is 31.6 Å². The Hall–Kier alpha value is -2.57. The van der Waals surface area contributed by atoms with Crippen molar-refractivity contribution in [1.82, 2.24) is 10.2 Å². The largest absolute Gasteiger partial charge is 0.481 e. The van der Waals surface area contributed by atoms with E-state index in [-0.39, 0.29) is 24.5 Å². The number of carbonyl (C=O) groups is 2. The number of hydrogen-bond donors (Lipinski definition) is 2. The van der Waals surface area contributed by atoms with E-state index in [1.807, 2.05) is 29.2 Å². The van der Waals surface area contributed by atoms with Crippen LogP contribution in [0.4, 0.5) is 5.69 Å². The number of hydrogen-bond acceptors (Lipinski definition) is 4. The van der Waals surface area contributed by atoms with Gasteiger partial charge in [0.2, 0.25) is 0 Å². The molecule has 2 amide bonds. The van der Waals surface area contributed by atoms with Crippen LogP contribution in [0.15, 0.2) is 42.5 Å². The van der Waals surface area contributed by atoms with Crippen LogP contribution < -0.4 is 15.4 Å². The van der Waals surface area contributed by atoms with E-state index in [0.717, 1.165) is 5.56 Å². The maximum atomic E-state index is 13.3. The standard InChI is InChI=1S/C19H18ClN3O3/c20-14-6-2-1-4-12(14)16-10-21-8-9-23(16)19(25)13-5-3-7-15-18(13)26-11-17(24)22-15/h1-7,16,21H,8-11H2,(H,22,24). The van der Waals surface area contributed by atoms with E-state index in [4.69, 9.17) is 16.3 Å². The molecule has 2 aromatic carbocycles. The van der Waals surface area contributed by atoms with Crippen molar-refractivity contribution in [2.45, 2.75) is 6.04 Å². The van der Waals surface area contributed by atoms with Gasteiger partial charge < -0.3 is 20.3 Å². The quantitative estimate of drug-likeness (QED) is 0.850. The number of benzene rings is 2. The van der Waals surface area contributed by atoms with Gasteiger partial charge in [-0.25, -0.2) is 0 Å². The van der Waals surface area contributed by atoms with Crippen molar-refractivity contribution in [1.29, 1.82) is 0 Å². The highest BCUT2D eigenvalue weighted by molar-refractivity contribution is 6.31. The minimum atomic E-state index is -0.224. The third kappa shape index (κ3) is 3.02. The molecule has 2 N–H and O–H groups in total. The van der Waals surface area contributed by atoms with Gasteiger partial charge in [0, 0.05) is 24.7 Å². The molecule has 2 aromatic rings. The van der Waals surface area contributed by atoms with Crippen molar-refractivity contribution >= 4 is 29.1 Å². The average Bonchev–Trinajstić information content (AvgIpc) is 2.67. The number of ether oxygens (including phenoxy) is 1. The molecule has 0 bridgehead atoms. The van der Waals surface area contributed by atoms with Gasteiger partial charge in [0.05, 0.1) is 17.3 Å². The van der Waals surface area contributed by atoms with E-state index < -0.39 is 0 Å². The molecule has 1 atom stereocenters. The van der Waals surface area contributed by atoms with E-state index in [1.165, 1.54) is 0 Å². The monoisotopic (exact) mass is 371 g/mol. The molecule has 1 saturated heterocycles. The van der Waals surface area contributed by atoms with Crippen LogP contribution in [0.5, 0.6) is 5.75 Å². The van der Waals surface area contributed by atoms with Crippen LogP contribution in [0.3, 0.4) is 0 Å². The fourth-order valence-electron chi connectivity index (χ4n) is 3.41. The van der Waals surface area contributed by atoms with Crippen LogP contribution >= 0.6 is 11.6 Å². The first-order valence-corrected chi connectivity index (χ1v) is 8.84. The average molecular weight is 372 g/mol. The number of amides is 2. The van der Waals surface area contributed by atoms with Crippen molar-refractivity contribution < 1.29 is 14.3 Å². The lowest BCUT2D eigenvalue weighted by Gasteiger charge is -2.37. The summed E-state index contributed by atoms with van der Waals surface area (Å²) < 4.78 is 5.54. The highest BCUT2D eigenvalue weighted by atomic mass is 35.5. The Bertz CT molecular complexity index is 871. The first-order valence-electron chi connectivity index (χ1n) is 8.47. The van der Waals surface area contributed by atoms with Gasteiger partial charge in [0.25, 0.3) is 11.8 Å². The summed E-state index contributed by atoms with van der Waals surface area (Å²) in [6.07, 6.45) is 0. The zero-order chi connectivity index (χ0) is 18.1. The molecule has 2 aliphatic heterocycles. The van der Waals surface area contributed by atoms with Gasteiger partial charge in [0.1, 0.15) is 0 Å². The van der Waals surface area contributed by atoms with Gasteiger partial charge in [-0.3, -0.25) is 9.59 Å². The number of rotatable bonds is 2. The third-order valence-electron chi connectivity index (χ3n) is 4.64. The molecular formula is C19H18ClN3O3. The molecule has 0 aromatic heterocycles.